The molecule has 1 fully saturated rings. The number of piperidine rings is 1. The Kier molecular flexibility index (Phi) is 4.32. The molecular weight excluding hydrogens is 424 g/mol. The van der Waals surface area contributed by atoms with Crippen molar-refractivity contribution in [1.29, 1.82) is 0 Å². The number of oxazole rings is 1. The summed E-state index contributed by atoms with van der Waals surface area (Å²) in [7, 11) is 0. The summed E-state index contributed by atoms with van der Waals surface area (Å²) in [6, 6.07) is 12.3. The normalized spacial score (nSPS) is 18.1. The fraction of sp³-hybridized carbons (Fsp3) is 0.217. The summed E-state index contributed by atoms with van der Waals surface area (Å²) < 4.78 is 7.39. The zero-order chi connectivity index (χ0) is 22.5. The molecule has 164 valence electrons. The van der Waals surface area contributed by atoms with Crippen molar-refractivity contribution in [2.45, 2.75) is 32.0 Å². The first kappa shape index (κ1) is 19.4. The van der Waals surface area contributed by atoms with Gasteiger partial charge in [0.25, 0.3) is 5.91 Å². The topological polar surface area (TPSA) is 123 Å². The highest BCUT2D eigenvalue weighted by molar-refractivity contribution is 6.06. The van der Waals surface area contributed by atoms with E-state index in [1.54, 1.807) is 23.0 Å². The van der Waals surface area contributed by atoms with Gasteiger partial charge in [-0.1, -0.05) is 29.5 Å². The van der Waals surface area contributed by atoms with E-state index in [0.29, 0.717) is 35.7 Å². The van der Waals surface area contributed by atoms with Gasteiger partial charge in [0.2, 0.25) is 17.7 Å². The minimum Gasteiger partial charge on any atom is -0.439 e. The molecule has 10 nitrogen and oxygen atoms in total. The number of benzene rings is 2. The van der Waals surface area contributed by atoms with Crippen molar-refractivity contribution in [3.8, 4) is 11.3 Å². The highest BCUT2D eigenvalue weighted by Gasteiger charge is 2.40. The maximum Gasteiger partial charge on any atom is 0.255 e. The van der Waals surface area contributed by atoms with Crippen LogP contribution in [0.25, 0.3) is 22.4 Å². The smallest absolute Gasteiger partial charge is 0.255 e. The van der Waals surface area contributed by atoms with E-state index in [1.807, 2.05) is 30.3 Å². The molecule has 2 aromatic carbocycles. The number of aromatic nitrogens is 4. The summed E-state index contributed by atoms with van der Waals surface area (Å²) in [5.74, 6) is -0.444. The maximum atomic E-state index is 13.0. The Balaban J connectivity index is 1.27. The Morgan fingerprint density at radius 3 is 2.76 bits per heavy atom. The van der Waals surface area contributed by atoms with E-state index in [4.69, 9.17) is 4.42 Å². The molecule has 4 heterocycles. The van der Waals surface area contributed by atoms with Gasteiger partial charge in [-0.3, -0.25) is 19.7 Å². The summed E-state index contributed by atoms with van der Waals surface area (Å²) in [6.07, 6.45) is 2.32. The summed E-state index contributed by atoms with van der Waals surface area (Å²) in [5, 5.41) is 10.8. The largest absolute Gasteiger partial charge is 0.439 e. The average molecular weight is 442 g/mol. The SMILES string of the molecule is O=C1CCC(N2Cc3c(cccc3-c3cn(Cc4nc5ccccc5o4)nn3)C2=O)C(=O)N1. The Bertz CT molecular complexity index is 1400. The van der Waals surface area contributed by atoms with Crippen LogP contribution < -0.4 is 5.32 Å². The Morgan fingerprint density at radius 2 is 1.91 bits per heavy atom. The van der Waals surface area contributed by atoms with E-state index in [9.17, 15) is 14.4 Å². The summed E-state index contributed by atoms with van der Waals surface area (Å²) >= 11 is 0. The van der Waals surface area contributed by atoms with Crippen LogP contribution in [0.4, 0.5) is 0 Å². The molecule has 6 rings (SSSR count). The van der Waals surface area contributed by atoms with Crippen molar-refractivity contribution in [3.05, 3.63) is 65.7 Å². The van der Waals surface area contributed by atoms with Crippen molar-refractivity contribution < 1.29 is 18.8 Å². The molecule has 3 amide bonds. The molecular formula is C23H18N6O4. The standard InChI is InChI=1S/C23H18N6O4/c30-20-9-8-18(22(31)25-20)29-10-15-13(4-3-5-14(15)23(29)32)17-11-28(27-26-17)12-21-24-16-6-1-2-7-19(16)33-21/h1-7,11,18H,8-10,12H2,(H,25,30,31). The minimum absolute atomic E-state index is 0.216. The fourth-order valence-electron chi connectivity index (χ4n) is 4.45. The molecule has 2 aliphatic rings. The lowest BCUT2D eigenvalue weighted by Gasteiger charge is -2.29. The summed E-state index contributed by atoms with van der Waals surface area (Å²) in [4.78, 5) is 42.8. The molecule has 1 unspecified atom stereocenters. The second-order valence-corrected chi connectivity index (χ2v) is 8.11. The van der Waals surface area contributed by atoms with E-state index >= 15 is 0 Å². The second-order valence-electron chi connectivity index (χ2n) is 8.11. The number of nitrogens with zero attached hydrogens (tertiary/aromatic N) is 5. The van der Waals surface area contributed by atoms with Crippen LogP contribution in [-0.2, 0) is 22.7 Å². The van der Waals surface area contributed by atoms with Crippen LogP contribution >= 0.6 is 0 Å². The van der Waals surface area contributed by atoms with E-state index in [1.165, 1.54) is 4.90 Å². The molecule has 2 aromatic heterocycles. The molecule has 0 radical (unpaired) electrons. The van der Waals surface area contributed by atoms with Gasteiger partial charge in [0.1, 0.15) is 23.8 Å². The monoisotopic (exact) mass is 442 g/mol. The molecule has 4 aromatic rings. The molecule has 0 spiro atoms. The molecule has 1 saturated heterocycles. The number of hydrogen-bond acceptors (Lipinski definition) is 7. The van der Waals surface area contributed by atoms with Crippen LogP contribution in [0.3, 0.4) is 0 Å². The molecule has 1 N–H and O–H groups in total. The number of amides is 3. The predicted octanol–water partition coefficient (Wildman–Crippen LogP) is 1.90. The van der Waals surface area contributed by atoms with Crippen LogP contribution in [0, 0.1) is 0 Å². The van der Waals surface area contributed by atoms with Crippen LogP contribution in [0.5, 0.6) is 0 Å². The molecule has 1 atom stereocenters. The Hall–Kier alpha value is -4.34. The van der Waals surface area contributed by atoms with Gasteiger partial charge in [-0.15, -0.1) is 5.10 Å². The van der Waals surface area contributed by atoms with Gasteiger partial charge < -0.3 is 9.32 Å². The van der Waals surface area contributed by atoms with Gasteiger partial charge in [-0.05, 0) is 30.2 Å². The molecule has 0 bridgehead atoms. The lowest BCUT2D eigenvalue weighted by molar-refractivity contribution is -0.136. The average Bonchev–Trinajstić information content (AvgIpc) is 3.51. The highest BCUT2D eigenvalue weighted by Crippen LogP contribution is 2.34. The third-order valence-electron chi connectivity index (χ3n) is 6.03. The number of carbonyl (C=O) groups is 3. The van der Waals surface area contributed by atoms with Crippen LogP contribution in [0.1, 0.15) is 34.7 Å². The van der Waals surface area contributed by atoms with Gasteiger partial charge in [-0.2, -0.15) is 0 Å². The quantitative estimate of drug-likeness (QED) is 0.479. The van der Waals surface area contributed by atoms with Crippen molar-refractivity contribution in [1.82, 2.24) is 30.2 Å². The number of imide groups is 1. The zero-order valence-electron chi connectivity index (χ0n) is 17.4. The highest BCUT2D eigenvalue weighted by atomic mass is 16.3. The number of para-hydroxylation sites is 2. The first-order valence-electron chi connectivity index (χ1n) is 10.6. The third kappa shape index (κ3) is 3.27. The van der Waals surface area contributed by atoms with Gasteiger partial charge in [0.05, 0.1) is 6.20 Å². The van der Waals surface area contributed by atoms with Crippen LogP contribution in [-0.4, -0.2) is 48.6 Å². The zero-order valence-corrected chi connectivity index (χ0v) is 17.4. The van der Waals surface area contributed by atoms with Gasteiger partial charge in [-0.25, -0.2) is 9.67 Å². The third-order valence-corrected chi connectivity index (χ3v) is 6.03. The second kappa shape index (κ2) is 7.37. The lowest BCUT2D eigenvalue weighted by Crippen LogP contribution is -2.52. The summed E-state index contributed by atoms with van der Waals surface area (Å²) in [6.45, 7) is 0.590. The molecule has 0 aliphatic carbocycles. The number of rotatable bonds is 4. The van der Waals surface area contributed by atoms with E-state index in [0.717, 1.165) is 16.6 Å². The van der Waals surface area contributed by atoms with Crippen molar-refractivity contribution in [2.24, 2.45) is 0 Å². The van der Waals surface area contributed by atoms with Crippen LogP contribution in [0.2, 0.25) is 0 Å². The van der Waals surface area contributed by atoms with Crippen molar-refractivity contribution >= 4 is 28.8 Å². The fourth-order valence-corrected chi connectivity index (χ4v) is 4.45. The molecule has 2 aliphatic heterocycles. The summed E-state index contributed by atoms with van der Waals surface area (Å²) in [5.41, 5.74) is 4.20. The van der Waals surface area contributed by atoms with Gasteiger partial charge >= 0.3 is 0 Å². The number of fused-ring (bicyclic) bond motifs is 2. The van der Waals surface area contributed by atoms with E-state index < -0.39 is 11.9 Å². The molecule has 0 saturated carbocycles. The number of carbonyl (C=O) groups excluding carboxylic acids is 3. The molecule has 10 heteroatoms. The Labute approximate surface area is 187 Å². The van der Waals surface area contributed by atoms with E-state index in [-0.39, 0.29) is 24.8 Å². The molecule has 33 heavy (non-hydrogen) atoms. The first-order chi connectivity index (χ1) is 16.1. The number of hydrogen-bond donors (Lipinski definition) is 1. The lowest BCUT2D eigenvalue weighted by atomic mass is 10.0. The Morgan fingerprint density at radius 1 is 1.06 bits per heavy atom. The minimum atomic E-state index is -0.662. The van der Waals surface area contributed by atoms with E-state index in [2.05, 4.69) is 20.6 Å². The van der Waals surface area contributed by atoms with Gasteiger partial charge in [0, 0.05) is 24.1 Å². The van der Waals surface area contributed by atoms with Crippen LogP contribution in [0.15, 0.2) is 53.1 Å². The predicted molar refractivity (Wildman–Crippen MR) is 115 cm³/mol. The van der Waals surface area contributed by atoms with Crippen molar-refractivity contribution in [3.63, 3.8) is 0 Å². The van der Waals surface area contributed by atoms with Gasteiger partial charge in [0.15, 0.2) is 5.58 Å². The number of nitrogens with one attached hydrogen (secondary N) is 1. The van der Waals surface area contributed by atoms with Crippen molar-refractivity contribution in [2.75, 3.05) is 0 Å². The maximum absolute atomic E-state index is 13.0. The first-order valence-corrected chi connectivity index (χ1v) is 10.6.